The Hall–Kier alpha value is -1.02. The second-order valence-corrected chi connectivity index (χ2v) is 3.90. The fourth-order valence-corrected chi connectivity index (χ4v) is 1.87. The van der Waals surface area contributed by atoms with E-state index in [1.165, 1.54) is 0 Å². The first-order valence-corrected chi connectivity index (χ1v) is 4.96. The van der Waals surface area contributed by atoms with E-state index < -0.39 is 0 Å². The van der Waals surface area contributed by atoms with Gasteiger partial charge in [-0.2, -0.15) is 0 Å². The molecule has 0 unspecified atom stereocenters. The molecule has 1 aromatic rings. The van der Waals surface area contributed by atoms with Crippen LogP contribution in [0.1, 0.15) is 18.5 Å². The Bertz CT molecular complexity index is 364. The molecule has 1 aliphatic heterocycles. The molecular formula is C11H11ClNO. The monoisotopic (exact) mass is 208 g/mol. The highest BCUT2D eigenvalue weighted by atomic mass is 35.5. The number of hydrogen-bond donors (Lipinski definition) is 1. The molecule has 14 heavy (non-hydrogen) atoms. The lowest BCUT2D eigenvalue weighted by molar-refractivity contribution is -0.121. The molecule has 1 N–H and O–H groups in total. The molecule has 1 amide bonds. The number of carbonyl (C=O) groups is 1. The van der Waals surface area contributed by atoms with Crippen LogP contribution in [0.2, 0.25) is 5.02 Å². The predicted molar refractivity (Wildman–Crippen MR) is 55.8 cm³/mol. The molecule has 73 valence electrons. The van der Waals surface area contributed by atoms with Crippen LogP contribution < -0.4 is 5.32 Å². The normalized spacial score (nSPS) is 26.3. The zero-order valence-corrected chi connectivity index (χ0v) is 8.58. The number of nitrogens with one attached hydrogen (secondary N) is 1. The van der Waals surface area contributed by atoms with Crippen LogP contribution in [0.4, 0.5) is 0 Å². The molecule has 0 saturated carbocycles. The van der Waals surface area contributed by atoms with Gasteiger partial charge in [0.25, 0.3) is 0 Å². The summed E-state index contributed by atoms with van der Waals surface area (Å²) in [4.78, 5) is 11.3. The lowest BCUT2D eigenvalue weighted by Crippen LogP contribution is -2.20. The lowest BCUT2D eigenvalue weighted by Gasteiger charge is -2.11. The summed E-state index contributed by atoms with van der Waals surface area (Å²) in [5.74, 6) is 0.0335. The van der Waals surface area contributed by atoms with Crippen molar-refractivity contribution in [3.63, 3.8) is 0 Å². The highest BCUT2D eigenvalue weighted by molar-refractivity contribution is 6.31. The third-order valence-electron chi connectivity index (χ3n) is 2.43. The van der Waals surface area contributed by atoms with E-state index in [9.17, 15) is 4.79 Å². The van der Waals surface area contributed by atoms with Crippen molar-refractivity contribution >= 4 is 17.5 Å². The summed E-state index contributed by atoms with van der Waals surface area (Å²) >= 11 is 6.03. The molecule has 2 nitrogen and oxygen atoms in total. The van der Waals surface area contributed by atoms with Crippen LogP contribution in [-0.4, -0.2) is 5.91 Å². The van der Waals surface area contributed by atoms with E-state index in [2.05, 4.69) is 5.32 Å². The van der Waals surface area contributed by atoms with Gasteiger partial charge in [-0.3, -0.25) is 4.79 Å². The highest BCUT2D eigenvalue weighted by Gasteiger charge is 2.30. The lowest BCUT2D eigenvalue weighted by atomic mass is 10.0. The Balaban J connectivity index is 2.25. The molecule has 1 fully saturated rings. The van der Waals surface area contributed by atoms with E-state index in [-0.39, 0.29) is 17.9 Å². The van der Waals surface area contributed by atoms with Crippen molar-refractivity contribution in [2.24, 2.45) is 5.92 Å². The summed E-state index contributed by atoms with van der Waals surface area (Å²) in [6.07, 6.45) is 1.98. The average molecular weight is 209 g/mol. The number of halogens is 1. The molecule has 0 aromatic heterocycles. The molecule has 1 radical (unpaired) electrons. The number of benzene rings is 1. The molecule has 0 aliphatic carbocycles. The van der Waals surface area contributed by atoms with E-state index in [1.807, 2.05) is 37.6 Å². The van der Waals surface area contributed by atoms with Gasteiger partial charge in [-0.1, -0.05) is 36.7 Å². The first kappa shape index (κ1) is 9.53. The van der Waals surface area contributed by atoms with Crippen molar-refractivity contribution in [1.82, 2.24) is 5.32 Å². The third-order valence-corrected chi connectivity index (χ3v) is 2.78. The van der Waals surface area contributed by atoms with Gasteiger partial charge in [0.15, 0.2) is 0 Å². The standard InChI is InChI=1S/C11H11ClNO/c1-7-6-10(13-11(7)14)8-4-2-3-5-9(8)12/h2-7,10H,1H3,(H,13,14)/t7-,10+/m0/s1. The van der Waals surface area contributed by atoms with Crippen LogP contribution in [0, 0.1) is 12.3 Å². The molecule has 1 aromatic carbocycles. The second kappa shape index (κ2) is 3.62. The van der Waals surface area contributed by atoms with E-state index >= 15 is 0 Å². The van der Waals surface area contributed by atoms with Gasteiger partial charge in [-0.15, -0.1) is 0 Å². The zero-order chi connectivity index (χ0) is 10.1. The van der Waals surface area contributed by atoms with Gasteiger partial charge in [-0.05, 0) is 11.6 Å². The van der Waals surface area contributed by atoms with Crippen LogP contribution in [0.25, 0.3) is 0 Å². The maximum atomic E-state index is 11.3. The van der Waals surface area contributed by atoms with Crippen molar-refractivity contribution in [3.8, 4) is 0 Å². The van der Waals surface area contributed by atoms with Crippen molar-refractivity contribution in [3.05, 3.63) is 41.3 Å². The van der Waals surface area contributed by atoms with Gasteiger partial charge in [-0.25, -0.2) is 0 Å². The fraction of sp³-hybridized carbons (Fsp3) is 0.273. The Morgan fingerprint density at radius 2 is 2.07 bits per heavy atom. The van der Waals surface area contributed by atoms with E-state index in [0.29, 0.717) is 5.02 Å². The Morgan fingerprint density at radius 3 is 2.64 bits per heavy atom. The Labute approximate surface area is 88.3 Å². The van der Waals surface area contributed by atoms with E-state index in [4.69, 9.17) is 11.6 Å². The van der Waals surface area contributed by atoms with Crippen LogP contribution in [0.15, 0.2) is 24.3 Å². The molecule has 0 spiro atoms. The maximum absolute atomic E-state index is 11.3. The predicted octanol–water partition coefficient (Wildman–Crippen LogP) is 2.35. The summed E-state index contributed by atoms with van der Waals surface area (Å²) in [5, 5.41) is 3.58. The van der Waals surface area contributed by atoms with Gasteiger partial charge < -0.3 is 5.32 Å². The quantitative estimate of drug-likeness (QED) is 0.754. The second-order valence-electron chi connectivity index (χ2n) is 3.49. The molecule has 1 heterocycles. The zero-order valence-electron chi connectivity index (χ0n) is 7.83. The minimum Gasteiger partial charge on any atom is -0.349 e. The number of hydrogen-bond acceptors (Lipinski definition) is 1. The summed E-state index contributed by atoms with van der Waals surface area (Å²) < 4.78 is 0. The molecule has 1 aliphatic rings. The number of amides is 1. The van der Waals surface area contributed by atoms with Crippen LogP contribution in [0.5, 0.6) is 0 Å². The number of carbonyl (C=O) groups excluding carboxylic acids is 1. The van der Waals surface area contributed by atoms with Crippen LogP contribution >= 0.6 is 11.6 Å². The molecule has 0 bridgehead atoms. The van der Waals surface area contributed by atoms with Crippen molar-refractivity contribution < 1.29 is 4.79 Å². The molecule has 2 rings (SSSR count). The Kier molecular flexibility index (Phi) is 2.46. The van der Waals surface area contributed by atoms with Gasteiger partial charge in [0, 0.05) is 17.4 Å². The van der Waals surface area contributed by atoms with E-state index in [0.717, 1.165) is 5.56 Å². The minimum absolute atomic E-state index is 0.0312. The smallest absolute Gasteiger partial charge is 0.223 e. The first-order chi connectivity index (χ1) is 6.68. The maximum Gasteiger partial charge on any atom is 0.223 e. The fourth-order valence-electron chi connectivity index (χ4n) is 1.62. The van der Waals surface area contributed by atoms with Crippen molar-refractivity contribution in [2.45, 2.75) is 13.0 Å². The van der Waals surface area contributed by atoms with Crippen LogP contribution in [0.3, 0.4) is 0 Å². The van der Waals surface area contributed by atoms with Gasteiger partial charge >= 0.3 is 0 Å². The minimum atomic E-state index is -0.0359. The molecular weight excluding hydrogens is 198 g/mol. The van der Waals surface area contributed by atoms with Crippen molar-refractivity contribution in [2.75, 3.05) is 0 Å². The molecule has 3 heteroatoms. The van der Waals surface area contributed by atoms with Gasteiger partial charge in [0.05, 0.1) is 6.04 Å². The van der Waals surface area contributed by atoms with Crippen LogP contribution in [-0.2, 0) is 4.79 Å². The van der Waals surface area contributed by atoms with Crippen molar-refractivity contribution in [1.29, 1.82) is 0 Å². The SMILES string of the molecule is C[C@H]1[CH][C@H](c2ccccc2Cl)NC1=O. The molecule has 1 saturated heterocycles. The molecule has 2 atom stereocenters. The van der Waals surface area contributed by atoms with E-state index in [1.54, 1.807) is 0 Å². The summed E-state index contributed by atoms with van der Waals surface area (Å²) in [7, 11) is 0. The summed E-state index contributed by atoms with van der Waals surface area (Å²) in [5.41, 5.74) is 0.965. The highest BCUT2D eigenvalue weighted by Crippen LogP contribution is 2.30. The average Bonchev–Trinajstić information content (AvgIpc) is 2.48. The Morgan fingerprint density at radius 1 is 1.36 bits per heavy atom. The summed E-state index contributed by atoms with van der Waals surface area (Å²) in [6, 6.07) is 7.53. The van der Waals surface area contributed by atoms with Gasteiger partial charge in [0.2, 0.25) is 5.91 Å². The largest absolute Gasteiger partial charge is 0.349 e. The first-order valence-electron chi connectivity index (χ1n) is 4.58. The topological polar surface area (TPSA) is 29.1 Å². The number of rotatable bonds is 1. The summed E-state index contributed by atoms with van der Waals surface area (Å²) in [6.45, 7) is 1.88. The van der Waals surface area contributed by atoms with Gasteiger partial charge in [0.1, 0.15) is 0 Å². The third kappa shape index (κ3) is 1.62.